The van der Waals surface area contributed by atoms with Gasteiger partial charge in [-0.15, -0.1) is 11.3 Å². The van der Waals surface area contributed by atoms with E-state index < -0.39 is 5.91 Å². The lowest BCUT2D eigenvalue weighted by molar-refractivity contribution is -0.118. The lowest BCUT2D eigenvalue weighted by Crippen LogP contribution is -2.26. The number of amides is 3. The molecule has 3 amide bonds. The molecule has 0 unspecified atom stereocenters. The van der Waals surface area contributed by atoms with Crippen molar-refractivity contribution < 1.29 is 14.4 Å². The Hall–Kier alpha value is -5.22. The van der Waals surface area contributed by atoms with E-state index in [1.165, 1.54) is 11.3 Å². The normalized spacial score (nSPS) is 11.1. The van der Waals surface area contributed by atoms with E-state index >= 15 is 0 Å². The number of thiophene rings is 1. The number of anilines is 2. The molecule has 41 heavy (non-hydrogen) atoms. The van der Waals surface area contributed by atoms with Gasteiger partial charge in [0.05, 0.1) is 15.9 Å². The molecule has 0 bridgehead atoms. The van der Waals surface area contributed by atoms with Gasteiger partial charge in [-0.2, -0.15) is 0 Å². The van der Waals surface area contributed by atoms with Crippen LogP contribution in [-0.4, -0.2) is 39.3 Å². The maximum absolute atomic E-state index is 13.3. The van der Waals surface area contributed by atoms with Crippen LogP contribution in [0.5, 0.6) is 0 Å². The maximum Gasteiger partial charge on any atom is 0.268 e. The molecule has 0 aliphatic rings. The van der Waals surface area contributed by atoms with Gasteiger partial charge in [0.1, 0.15) is 0 Å². The Balaban J connectivity index is 1.28. The summed E-state index contributed by atoms with van der Waals surface area (Å²) in [5, 5.41) is 4.01. The fraction of sp³-hybridized carbons (Fsp3) is 0.0968. The van der Waals surface area contributed by atoms with Crippen molar-refractivity contribution in [3.8, 4) is 10.4 Å². The van der Waals surface area contributed by atoms with Crippen molar-refractivity contribution >= 4 is 62.6 Å². The Labute approximate surface area is 239 Å². The fourth-order valence-corrected chi connectivity index (χ4v) is 5.64. The molecule has 0 atom stereocenters. The molecular formula is C31H26N6O3S. The minimum atomic E-state index is -0.462. The summed E-state index contributed by atoms with van der Waals surface area (Å²) in [6.45, 7) is 0.242. The SMILES string of the molecule is CN(C(=O)c1ccccc1)c1ccc2c(c1)nc(NC(=O)c1ccc(-c3ccc4[nH]ccc4c3)s1)n2CCC(N)=O. The molecule has 0 saturated carbocycles. The van der Waals surface area contributed by atoms with Gasteiger partial charge in [-0.05, 0) is 71.6 Å². The summed E-state index contributed by atoms with van der Waals surface area (Å²) in [6, 6.07) is 26.3. The lowest BCUT2D eigenvalue weighted by atomic mass is 10.1. The number of carbonyl (C=O) groups is 3. The molecule has 6 aromatic rings. The number of carbonyl (C=O) groups excluding carboxylic acids is 3. The van der Waals surface area contributed by atoms with Crippen LogP contribution in [0, 0.1) is 0 Å². The van der Waals surface area contributed by atoms with Crippen LogP contribution in [0.1, 0.15) is 26.5 Å². The van der Waals surface area contributed by atoms with Crippen molar-refractivity contribution in [1.29, 1.82) is 0 Å². The second kappa shape index (κ2) is 10.7. The predicted octanol–water partition coefficient (Wildman–Crippen LogP) is 5.65. The Morgan fingerprint density at radius 2 is 1.83 bits per heavy atom. The molecule has 9 nitrogen and oxygen atoms in total. The number of fused-ring (bicyclic) bond motifs is 2. The van der Waals surface area contributed by atoms with Crippen LogP contribution in [-0.2, 0) is 11.3 Å². The van der Waals surface area contributed by atoms with Crippen molar-refractivity contribution in [1.82, 2.24) is 14.5 Å². The largest absolute Gasteiger partial charge is 0.370 e. The van der Waals surface area contributed by atoms with E-state index in [1.807, 2.05) is 60.8 Å². The highest BCUT2D eigenvalue weighted by atomic mass is 32.1. The smallest absolute Gasteiger partial charge is 0.268 e. The first-order valence-electron chi connectivity index (χ1n) is 13.0. The van der Waals surface area contributed by atoms with E-state index in [9.17, 15) is 14.4 Å². The third-order valence-electron chi connectivity index (χ3n) is 6.92. The van der Waals surface area contributed by atoms with Crippen LogP contribution in [0.4, 0.5) is 11.6 Å². The van der Waals surface area contributed by atoms with Crippen LogP contribution in [0.3, 0.4) is 0 Å². The van der Waals surface area contributed by atoms with Gasteiger partial charge >= 0.3 is 0 Å². The lowest BCUT2D eigenvalue weighted by Gasteiger charge is -2.17. The number of H-pyrrole nitrogens is 1. The molecule has 0 fully saturated rings. The Morgan fingerprint density at radius 3 is 2.63 bits per heavy atom. The first kappa shape index (κ1) is 26.0. The third kappa shape index (κ3) is 5.20. The van der Waals surface area contributed by atoms with Crippen LogP contribution in [0.2, 0.25) is 0 Å². The number of benzene rings is 3. The van der Waals surface area contributed by atoms with Gasteiger partial charge in [-0.1, -0.05) is 24.3 Å². The molecule has 3 aromatic heterocycles. The zero-order chi connectivity index (χ0) is 28.5. The number of imidazole rings is 1. The second-order valence-corrected chi connectivity index (χ2v) is 10.7. The number of aromatic amines is 1. The predicted molar refractivity (Wildman–Crippen MR) is 162 cm³/mol. The van der Waals surface area contributed by atoms with E-state index in [2.05, 4.69) is 21.4 Å². The van der Waals surface area contributed by atoms with Gasteiger partial charge in [0.25, 0.3) is 11.8 Å². The highest BCUT2D eigenvalue weighted by Gasteiger charge is 2.19. The van der Waals surface area contributed by atoms with E-state index in [0.29, 0.717) is 33.1 Å². The molecule has 0 spiro atoms. The number of aryl methyl sites for hydroxylation is 1. The maximum atomic E-state index is 13.3. The van der Waals surface area contributed by atoms with E-state index in [1.54, 1.807) is 40.8 Å². The highest BCUT2D eigenvalue weighted by Crippen LogP contribution is 2.31. The highest BCUT2D eigenvalue weighted by molar-refractivity contribution is 7.17. The summed E-state index contributed by atoms with van der Waals surface area (Å²) in [5.74, 6) is -0.632. The van der Waals surface area contributed by atoms with Gasteiger partial charge in [0.15, 0.2) is 0 Å². The topological polar surface area (TPSA) is 126 Å². The summed E-state index contributed by atoms with van der Waals surface area (Å²) in [5.41, 5.74) is 10.00. The van der Waals surface area contributed by atoms with E-state index in [0.717, 1.165) is 21.3 Å². The molecule has 3 heterocycles. The molecule has 204 valence electrons. The molecule has 3 aromatic carbocycles. The minimum Gasteiger partial charge on any atom is -0.370 e. The Morgan fingerprint density at radius 1 is 1.00 bits per heavy atom. The number of nitrogens with zero attached hydrogens (tertiary/aromatic N) is 3. The van der Waals surface area contributed by atoms with Crippen molar-refractivity contribution in [2.75, 3.05) is 17.3 Å². The molecule has 0 saturated heterocycles. The van der Waals surface area contributed by atoms with Crippen molar-refractivity contribution in [2.24, 2.45) is 5.73 Å². The van der Waals surface area contributed by atoms with Crippen LogP contribution >= 0.6 is 11.3 Å². The van der Waals surface area contributed by atoms with Gasteiger partial charge in [0, 0.05) is 47.9 Å². The van der Waals surface area contributed by atoms with Crippen molar-refractivity contribution in [3.63, 3.8) is 0 Å². The molecule has 0 aliphatic carbocycles. The number of nitrogens with one attached hydrogen (secondary N) is 2. The summed E-state index contributed by atoms with van der Waals surface area (Å²) >= 11 is 1.39. The molecule has 0 aliphatic heterocycles. The quantitative estimate of drug-likeness (QED) is 0.222. The van der Waals surface area contributed by atoms with E-state index in [4.69, 9.17) is 5.73 Å². The van der Waals surface area contributed by atoms with Gasteiger partial charge in [-0.25, -0.2) is 4.98 Å². The zero-order valence-corrected chi connectivity index (χ0v) is 22.9. The monoisotopic (exact) mass is 562 g/mol. The number of hydrogen-bond donors (Lipinski definition) is 3. The summed E-state index contributed by atoms with van der Waals surface area (Å²) < 4.78 is 1.76. The zero-order valence-electron chi connectivity index (χ0n) is 22.1. The first-order chi connectivity index (χ1) is 19.9. The van der Waals surface area contributed by atoms with Crippen LogP contribution in [0.25, 0.3) is 32.4 Å². The average molecular weight is 563 g/mol. The number of primary amides is 1. The molecule has 4 N–H and O–H groups in total. The van der Waals surface area contributed by atoms with Gasteiger partial charge < -0.3 is 20.2 Å². The molecule has 0 radical (unpaired) electrons. The number of hydrogen-bond acceptors (Lipinski definition) is 5. The number of aromatic nitrogens is 3. The van der Waals surface area contributed by atoms with Gasteiger partial charge in [0.2, 0.25) is 11.9 Å². The average Bonchev–Trinajstić information content (AvgIpc) is 3.73. The first-order valence-corrected chi connectivity index (χ1v) is 13.8. The summed E-state index contributed by atoms with van der Waals surface area (Å²) in [7, 11) is 1.70. The fourth-order valence-electron chi connectivity index (χ4n) is 4.75. The number of nitrogens with two attached hydrogens (primary N) is 1. The molecular weight excluding hydrogens is 536 g/mol. The Kier molecular flexibility index (Phi) is 6.82. The number of rotatable bonds is 8. The van der Waals surface area contributed by atoms with Gasteiger partial charge in [-0.3, -0.25) is 19.7 Å². The molecule has 10 heteroatoms. The minimum absolute atomic E-state index is 0.0766. The summed E-state index contributed by atoms with van der Waals surface area (Å²) in [4.78, 5) is 48.8. The van der Waals surface area contributed by atoms with Crippen LogP contribution < -0.4 is 16.0 Å². The third-order valence-corrected chi connectivity index (χ3v) is 8.05. The molecule has 6 rings (SSSR count). The summed E-state index contributed by atoms with van der Waals surface area (Å²) in [6.07, 6.45) is 1.97. The van der Waals surface area contributed by atoms with E-state index in [-0.39, 0.29) is 24.8 Å². The van der Waals surface area contributed by atoms with Crippen LogP contribution in [0.15, 0.2) is 91.1 Å². The van der Waals surface area contributed by atoms with Crippen molar-refractivity contribution in [3.05, 3.63) is 102 Å². The van der Waals surface area contributed by atoms with Crippen molar-refractivity contribution in [2.45, 2.75) is 13.0 Å². The Bertz CT molecular complexity index is 1920. The standard InChI is InChI=1S/C31H26N6O3S/c1-36(30(40)19-5-3-2-4-6-19)22-8-10-25-24(18-22)34-31(37(25)16-14-28(32)38)35-29(39)27-12-11-26(41-27)21-7-9-23-20(17-21)13-15-33-23/h2-13,15,17-18,33H,14,16H2,1H3,(H2,32,38)(H,34,35,39). The second-order valence-electron chi connectivity index (χ2n) is 9.60.